The molecule has 2 rings (SSSR count). The van der Waals surface area contributed by atoms with Crippen LogP contribution < -0.4 is 4.52 Å². The van der Waals surface area contributed by atoms with Gasteiger partial charge in [0.1, 0.15) is 5.75 Å². The summed E-state index contributed by atoms with van der Waals surface area (Å²) in [6, 6.07) is 6.50. The predicted octanol–water partition coefficient (Wildman–Crippen LogP) is 1.32. The third kappa shape index (κ3) is 2.89. The van der Waals surface area contributed by atoms with E-state index in [0.717, 1.165) is 0 Å². The highest BCUT2D eigenvalue weighted by molar-refractivity contribution is 7.46. The van der Waals surface area contributed by atoms with Crippen molar-refractivity contribution in [2.75, 3.05) is 0 Å². The van der Waals surface area contributed by atoms with Crippen LogP contribution in [0.1, 0.15) is 5.56 Å². The van der Waals surface area contributed by atoms with Crippen molar-refractivity contribution < 1.29 is 18.9 Å². The minimum absolute atomic E-state index is 0.111. The number of nitrogens with zero attached hydrogens (tertiary/aromatic N) is 3. The quantitative estimate of drug-likeness (QED) is 0.807. The molecule has 94 valence electrons. The van der Waals surface area contributed by atoms with Crippen molar-refractivity contribution in [2.45, 2.75) is 6.92 Å². The third-order valence-corrected chi connectivity index (χ3v) is 2.72. The van der Waals surface area contributed by atoms with E-state index in [1.807, 2.05) is 0 Å². The summed E-state index contributed by atoms with van der Waals surface area (Å²) < 4.78 is 15.4. The fourth-order valence-electron chi connectivity index (χ4n) is 1.50. The summed E-state index contributed by atoms with van der Waals surface area (Å²) in [6.45, 7) is 1.68. The second kappa shape index (κ2) is 4.81. The summed E-state index contributed by atoms with van der Waals surface area (Å²) in [4.78, 5) is 17.6. The van der Waals surface area contributed by atoms with Crippen LogP contribution in [0.3, 0.4) is 0 Å². The van der Waals surface area contributed by atoms with Gasteiger partial charge in [-0.1, -0.05) is 12.1 Å². The van der Waals surface area contributed by atoms with Crippen molar-refractivity contribution in [1.29, 1.82) is 0 Å². The maximum absolute atomic E-state index is 10.8. The van der Waals surface area contributed by atoms with Crippen molar-refractivity contribution in [3.05, 3.63) is 36.0 Å². The molecule has 0 bridgehead atoms. The minimum atomic E-state index is -4.57. The zero-order valence-corrected chi connectivity index (χ0v) is 10.3. The Morgan fingerprint density at radius 3 is 2.67 bits per heavy atom. The van der Waals surface area contributed by atoms with E-state index in [0.29, 0.717) is 16.8 Å². The van der Waals surface area contributed by atoms with Gasteiger partial charge in [-0.05, 0) is 24.3 Å². The Morgan fingerprint density at radius 2 is 2.06 bits per heavy atom. The Labute approximate surface area is 103 Å². The lowest BCUT2D eigenvalue weighted by Gasteiger charge is -2.12. The Kier molecular flexibility index (Phi) is 3.38. The average Bonchev–Trinajstić information content (AvgIpc) is 2.31. The van der Waals surface area contributed by atoms with Crippen LogP contribution >= 0.6 is 7.82 Å². The van der Waals surface area contributed by atoms with Crippen molar-refractivity contribution in [3.8, 4) is 17.0 Å². The van der Waals surface area contributed by atoms with Gasteiger partial charge in [0, 0.05) is 11.1 Å². The molecular weight excluding hydrogens is 257 g/mol. The highest BCUT2D eigenvalue weighted by Crippen LogP contribution is 2.40. The Balaban J connectivity index is 2.46. The average molecular weight is 267 g/mol. The van der Waals surface area contributed by atoms with Gasteiger partial charge in [-0.25, -0.2) is 4.57 Å². The molecular formula is C10H10N3O4P. The van der Waals surface area contributed by atoms with Crippen molar-refractivity contribution in [2.24, 2.45) is 0 Å². The van der Waals surface area contributed by atoms with Crippen LogP contribution in [-0.4, -0.2) is 25.2 Å². The van der Waals surface area contributed by atoms with Crippen LogP contribution in [-0.2, 0) is 4.57 Å². The maximum Gasteiger partial charge on any atom is 0.524 e. The first kappa shape index (κ1) is 12.6. The molecule has 18 heavy (non-hydrogen) atoms. The smallest absolute Gasteiger partial charge is 0.404 e. The van der Waals surface area contributed by atoms with E-state index in [1.54, 1.807) is 25.1 Å². The van der Waals surface area contributed by atoms with E-state index in [9.17, 15) is 4.57 Å². The Bertz CT molecular complexity index is 599. The summed E-state index contributed by atoms with van der Waals surface area (Å²) in [5.74, 6) is 0.111. The van der Waals surface area contributed by atoms with Crippen LogP contribution in [0.25, 0.3) is 11.3 Å². The monoisotopic (exact) mass is 267 g/mol. The van der Waals surface area contributed by atoms with E-state index >= 15 is 0 Å². The van der Waals surface area contributed by atoms with Gasteiger partial charge in [-0.2, -0.15) is 0 Å². The Morgan fingerprint density at radius 1 is 1.28 bits per heavy atom. The van der Waals surface area contributed by atoms with Crippen LogP contribution in [0.2, 0.25) is 0 Å². The molecule has 0 aliphatic heterocycles. The standard InChI is InChI=1S/C10H10N3O4P/c1-7-8(9-5-6-11-13-12-9)3-2-4-10(7)17-18(14,15)16/h2-6H,1H3,(H2,14,15,16). The summed E-state index contributed by atoms with van der Waals surface area (Å²) in [7, 11) is -4.57. The largest absolute Gasteiger partial charge is 0.524 e. The number of hydrogen-bond donors (Lipinski definition) is 2. The summed E-state index contributed by atoms with van der Waals surface area (Å²) in [5.41, 5.74) is 1.80. The lowest BCUT2D eigenvalue weighted by atomic mass is 10.1. The maximum atomic E-state index is 10.8. The number of phosphoric acid groups is 1. The van der Waals surface area contributed by atoms with Crippen molar-refractivity contribution >= 4 is 7.82 Å². The van der Waals surface area contributed by atoms with E-state index in [1.165, 1.54) is 12.3 Å². The number of phosphoric ester groups is 1. The van der Waals surface area contributed by atoms with Crippen LogP contribution in [0.4, 0.5) is 0 Å². The molecule has 0 fully saturated rings. The predicted molar refractivity (Wildman–Crippen MR) is 62.7 cm³/mol. The van der Waals surface area contributed by atoms with Gasteiger partial charge in [0.15, 0.2) is 0 Å². The van der Waals surface area contributed by atoms with E-state index in [4.69, 9.17) is 9.79 Å². The third-order valence-electron chi connectivity index (χ3n) is 2.28. The molecule has 0 saturated heterocycles. The van der Waals surface area contributed by atoms with E-state index in [-0.39, 0.29) is 5.75 Å². The molecule has 0 unspecified atom stereocenters. The lowest BCUT2D eigenvalue weighted by Crippen LogP contribution is -1.96. The van der Waals surface area contributed by atoms with Gasteiger partial charge in [0.25, 0.3) is 0 Å². The van der Waals surface area contributed by atoms with Crippen LogP contribution in [0, 0.1) is 6.92 Å². The van der Waals surface area contributed by atoms with Gasteiger partial charge in [-0.3, -0.25) is 9.79 Å². The summed E-state index contributed by atoms with van der Waals surface area (Å²) in [6.07, 6.45) is 1.48. The first-order valence-corrected chi connectivity index (χ1v) is 6.50. The molecule has 2 aromatic rings. The first-order chi connectivity index (χ1) is 8.47. The van der Waals surface area contributed by atoms with Gasteiger partial charge in [-0.15, -0.1) is 10.2 Å². The number of rotatable bonds is 3. The topological polar surface area (TPSA) is 105 Å². The van der Waals surface area contributed by atoms with Crippen molar-refractivity contribution in [3.63, 3.8) is 0 Å². The van der Waals surface area contributed by atoms with E-state index in [2.05, 4.69) is 19.9 Å². The second-order valence-corrected chi connectivity index (χ2v) is 4.68. The van der Waals surface area contributed by atoms with Crippen LogP contribution in [0.15, 0.2) is 30.5 Å². The molecule has 2 N–H and O–H groups in total. The fraction of sp³-hybridized carbons (Fsp3) is 0.100. The van der Waals surface area contributed by atoms with Crippen LogP contribution in [0.5, 0.6) is 5.75 Å². The van der Waals surface area contributed by atoms with Crippen molar-refractivity contribution in [1.82, 2.24) is 15.4 Å². The second-order valence-electron chi connectivity index (χ2n) is 3.52. The fourth-order valence-corrected chi connectivity index (χ4v) is 1.96. The minimum Gasteiger partial charge on any atom is -0.404 e. The molecule has 0 spiro atoms. The molecule has 0 saturated carbocycles. The Hall–Kier alpha value is -1.82. The molecule has 0 aliphatic carbocycles. The van der Waals surface area contributed by atoms with Gasteiger partial charge >= 0.3 is 7.82 Å². The van der Waals surface area contributed by atoms with Gasteiger partial charge in [0.05, 0.1) is 11.9 Å². The van der Waals surface area contributed by atoms with Gasteiger partial charge in [0.2, 0.25) is 0 Å². The highest BCUT2D eigenvalue weighted by Gasteiger charge is 2.18. The number of aromatic nitrogens is 3. The summed E-state index contributed by atoms with van der Waals surface area (Å²) in [5, 5.41) is 10.9. The lowest BCUT2D eigenvalue weighted by molar-refractivity contribution is 0.282. The SMILES string of the molecule is Cc1c(OP(=O)(O)O)cccc1-c1ccnnn1. The molecule has 0 amide bonds. The normalized spacial score (nSPS) is 11.3. The summed E-state index contributed by atoms with van der Waals surface area (Å²) >= 11 is 0. The van der Waals surface area contributed by atoms with E-state index < -0.39 is 7.82 Å². The molecule has 8 heteroatoms. The molecule has 1 heterocycles. The molecule has 1 aromatic heterocycles. The number of benzene rings is 1. The zero-order valence-electron chi connectivity index (χ0n) is 9.39. The first-order valence-electron chi connectivity index (χ1n) is 4.97. The highest BCUT2D eigenvalue weighted by atomic mass is 31.2. The number of hydrogen-bond acceptors (Lipinski definition) is 5. The molecule has 0 atom stereocenters. The zero-order chi connectivity index (χ0) is 13.2. The molecule has 7 nitrogen and oxygen atoms in total. The molecule has 1 aromatic carbocycles. The van der Waals surface area contributed by atoms with Gasteiger partial charge < -0.3 is 4.52 Å². The molecule has 0 radical (unpaired) electrons. The molecule has 0 aliphatic rings.